The average molecular weight is 489 g/mol. The van der Waals surface area contributed by atoms with Gasteiger partial charge < -0.3 is 23.6 Å². The van der Waals surface area contributed by atoms with Gasteiger partial charge in [-0.1, -0.05) is 41.6 Å². The highest BCUT2D eigenvalue weighted by molar-refractivity contribution is 5.58. The molecule has 0 unspecified atom stereocenters. The summed E-state index contributed by atoms with van der Waals surface area (Å²) >= 11 is 0. The van der Waals surface area contributed by atoms with Crippen LogP contribution in [0, 0.1) is 0 Å². The predicted octanol–water partition coefficient (Wildman–Crippen LogP) is 3.54. The maximum absolute atomic E-state index is 5.64. The van der Waals surface area contributed by atoms with Gasteiger partial charge >= 0.3 is 0 Å². The van der Waals surface area contributed by atoms with Gasteiger partial charge in [0.1, 0.15) is 0 Å². The van der Waals surface area contributed by atoms with Crippen LogP contribution in [-0.2, 0) is 6.54 Å². The van der Waals surface area contributed by atoms with Gasteiger partial charge in [0.15, 0.2) is 23.0 Å². The van der Waals surface area contributed by atoms with Crippen LogP contribution in [0.1, 0.15) is 5.56 Å². The normalized spacial score (nSPS) is 14.0. The van der Waals surface area contributed by atoms with Crippen LogP contribution in [-0.4, -0.2) is 72.7 Å². The molecule has 4 aromatic rings. The Bertz CT molecular complexity index is 1290. The van der Waals surface area contributed by atoms with Gasteiger partial charge in [-0.2, -0.15) is 4.98 Å². The summed E-state index contributed by atoms with van der Waals surface area (Å²) in [6.07, 6.45) is 0. The molecule has 0 atom stereocenters. The second-order valence-corrected chi connectivity index (χ2v) is 8.32. The number of benzene rings is 2. The van der Waals surface area contributed by atoms with Crippen LogP contribution < -0.4 is 19.1 Å². The minimum absolute atomic E-state index is 0.349. The molecule has 0 bridgehead atoms. The first-order valence-corrected chi connectivity index (χ1v) is 11.7. The van der Waals surface area contributed by atoms with E-state index in [0.717, 1.165) is 49.7 Å². The van der Waals surface area contributed by atoms with E-state index in [4.69, 9.17) is 18.7 Å². The molecule has 0 saturated carbocycles. The lowest BCUT2D eigenvalue weighted by Crippen LogP contribution is -2.46. The number of ether oxygens (including phenoxy) is 3. The number of rotatable bonds is 8. The first-order chi connectivity index (χ1) is 17.7. The third-order valence-electron chi connectivity index (χ3n) is 6.20. The summed E-state index contributed by atoms with van der Waals surface area (Å²) in [5.41, 5.74) is 2.50. The van der Waals surface area contributed by atoms with Gasteiger partial charge in [0.2, 0.25) is 11.6 Å². The molecule has 1 aliphatic heterocycles. The number of anilines is 1. The molecule has 1 fully saturated rings. The molecule has 10 heteroatoms. The molecule has 186 valence electrons. The Balaban J connectivity index is 1.21. The van der Waals surface area contributed by atoms with E-state index in [2.05, 4.69) is 30.1 Å². The Morgan fingerprint density at radius 2 is 1.58 bits per heavy atom. The van der Waals surface area contributed by atoms with E-state index in [0.29, 0.717) is 34.7 Å². The molecule has 10 nitrogen and oxygen atoms in total. The number of aromatic nitrogens is 4. The van der Waals surface area contributed by atoms with Gasteiger partial charge in [0, 0.05) is 43.9 Å². The molecule has 1 aliphatic rings. The van der Waals surface area contributed by atoms with Crippen molar-refractivity contribution >= 4 is 5.82 Å². The molecule has 0 N–H and O–H groups in total. The molecular weight excluding hydrogens is 460 g/mol. The minimum Gasteiger partial charge on any atom is -0.493 e. The fraction of sp³-hybridized carbons (Fsp3) is 0.308. The number of nitrogens with zero attached hydrogens (tertiary/aromatic N) is 6. The zero-order valence-electron chi connectivity index (χ0n) is 20.5. The Hall–Kier alpha value is -4.18. The number of piperazine rings is 1. The van der Waals surface area contributed by atoms with Gasteiger partial charge in [0.05, 0.1) is 21.3 Å². The van der Waals surface area contributed by atoms with Crippen molar-refractivity contribution in [3.8, 4) is 40.2 Å². The Labute approximate surface area is 209 Å². The van der Waals surface area contributed by atoms with Gasteiger partial charge in [0.25, 0.3) is 5.89 Å². The highest BCUT2D eigenvalue weighted by atomic mass is 16.5. The summed E-state index contributed by atoms with van der Waals surface area (Å²) in [5.74, 6) is 3.67. The first-order valence-electron chi connectivity index (χ1n) is 11.7. The van der Waals surface area contributed by atoms with E-state index in [9.17, 15) is 0 Å². The fourth-order valence-electron chi connectivity index (χ4n) is 4.30. The number of hydrogen-bond acceptors (Lipinski definition) is 10. The van der Waals surface area contributed by atoms with Gasteiger partial charge in [-0.05, 0) is 18.2 Å². The number of methoxy groups -OCH3 is 3. The first kappa shape index (κ1) is 23.6. The lowest BCUT2D eigenvalue weighted by Gasteiger charge is -2.35. The van der Waals surface area contributed by atoms with Crippen molar-refractivity contribution in [3.05, 3.63) is 60.2 Å². The maximum Gasteiger partial charge on any atom is 0.278 e. The zero-order valence-corrected chi connectivity index (χ0v) is 20.5. The molecule has 0 amide bonds. The minimum atomic E-state index is 0.349. The van der Waals surface area contributed by atoms with Crippen LogP contribution in [0.2, 0.25) is 0 Å². The molecule has 0 aliphatic carbocycles. The van der Waals surface area contributed by atoms with Gasteiger partial charge in [-0.15, -0.1) is 10.2 Å². The molecule has 36 heavy (non-hydrogen) atoms. The second kappa shape index (κ2) is 10.6. The Kier molecular flexibility index (Phi) is 6.94. The Morgan fingerprint density at radius 3 is 2.25 bits per heavy atom. The smallest absolute Gasteiger partial charge is 0.278 e. The van der Waals surface area contributed by atoms with Crippen molar-refractivity contribution in [1.82, 2.24) is 25.2 Å². The largest absolute Gasteiger partial charge is 0.493 e. The molecule has 5 rings (SSSR count). The lowest BCUT2D eigenvalue weighted by atomic mass is 10.1. The standard InChI is InChI=1S/C26H28N6O4/c1-33-21-11-9-19(23(34-2)24(21)35-3)17-31-13-15-32(16-14-31)22-12-10-20(28-29-22)26-27-25(30-36-26)18-7-5-4-6-8-18/h4-12H,13-17H2,1-3H3. The van der Waals surface area contributed by atoms with Crippen LogP contribution in [0.3, 0.4) is 0 Å². The number of hydrogen-bond donors (Lipinski definition) is 0. The van der Waals surface area contributed by atoms with Gasteiger partial charge in [-0.3, -0.25) is 4.90 Å². The molecule has 2 aromatic carbocycles. The summed E-state index contributed by atoms with van der Waals surface area (Å²) in [5, 5.41) is 12.8. The zero-order chi connectivity index (χ0) is 24.9. The van der Waals surface area contributed by atoms with Crippen molar-refractivity contribution in [2.75, 3.05) is 52.4 Å². The summed E-state index contributed by atoms with van der Waals surface area (Å²) in [6, 6.07) is 17.4. The SMILES string of the molecule is COc1ccc(CN2CCN(c3ccc(-c4nc(-c5ccccc5)no4)nn3)CC2)c(OC)c1OC. The molecule has 0 radical (unpaired) electrons. The lowest BCUT2D eigenvalue weighted by molar-refractivity contribution is 0.243. The van der Waals surface area contributed by atoms with E-state index < -0.39 is 0 Å². The van der Waals surface area contributed by atoms with E-state index >= 15 is 0 Å². The predicted molar refractivity (Wildman–Crippen MR) is 134 cm³/mol. The highest BCUT2D eigenvalue weighted by Crippen LogP contribution is 2.40. The van der Waals surface area contributed by atoms with E-state index in [-0.39, 0.29) is 0 Å². The Morgan fingerprint density at radius 1 is 0.806 bits per heavy atom. The summed E-state index contributed by atoms with van der Waals surface area (Å²) in [6.45, 7) is 4.18. The molecule has 2 aromatic heterocycles. The van der Waals surface area contributed by atoms with Crippen molar-refractivity contribution in [3.63, 3.8) is 0 Å². The van der Waals surface area contributed by atoms with Crippen molar-refractivity contribution < 1.29 is 18.7 Å². The summed E-state index contributed by atoms with van der Waals surface area (Å²) in [7, 11) is 4.89. The average Bonchev–Trinajstić information content (AvgIpc) is 3.44. The van der Waals surface area contributed by atoms with Gasteiger partial charge in [-0.25, -0.2) is 0 Å². The van der Waals surface area contributed by atoms with E-state index in [1.165, 1.54) is 0 Å². The quantitative estimate of drug-likeness (QED) is 0.366. The molecule has 3 heterocycles. The fourth-order valence-corrected chi connectivity index (χ4v) is 4.30. The molecular formula is C26H28N6O4. The van der Waals surface area contributed by atoms with Crippen LogP contribution in [0.5, 0.6) is 17.2 Å². The topological polar surface area (TPSA) is 98.9 Å². The van der Waals surface area contributed by atoms with Crippen molar-refractivity contribution in [1.29, 1.82) is 0 Å². The molecule has 0 spiro atoms. The van der Waals surface area contributed by atoms with Crippen molar-refractivity contribution in [2.45, 2.75) is 6.54 Å². The van der Waals surface area contributed by atoms with Crippen LogP contribution in [0.4, 0.5) is 5.82 Å². The van der Waals surface area contributed by atoms with E-state index in [1.807, 2.05) is 54.6 Å². The third-order valence-corrected chi connectivity index (χ3v) is 6.20. The summed E-state index contributed by atoms with van der Waals surface area (Å²) in [4.78, 5) is 9.06. The molecule has 1 saturated heterocycles. The van der Waals surface area contributed by atoms with E-state index in [1.54, 1.807) is 21.3 Å². The maximum atomic E-state index is 5.64. The van der Waals surface area contributed by atoms with Crippen LogP contribution in [0.25, 0.3) is 23.0 Å². The van der Waals surface area contributed by atoms with Crippen LogP contribution in [0.15, 0.2) is 59.1 Å². The van der Waals surface area contributed by atoms with Crippen LogP contribution >= 0.6 is 0 Å². The summed E-state index contributed by atoms with van der Waals surface area (Å²) < 4.78 is 22.0. The van der Waals surface area contributed by atoms with Crippen molar-refractivity contribution in [2.24, 2.45) is 0 Å². The highest BCUT2D eigenvalue weighted by Gasteiger charge is 2.22. The third kappa shape index (κ3) is 4.80. The second-order valence-electron chi connectivity index (χ2n) is 8.32. The monoisotopic (exact) mass is 488 g/mol.